The van der Waals surface area contributed by atoms with Gasteiger partial charge in [0.2, 0.25) is 0 Å². The van der Waals surface area contributed by atoms with Crippen molar-refractivity contribution in [2.75, 3.05) is 11.9 Å². The minimum Gasteiger partial charge on any atom is -0.352 e. The largest absolute Gasteiger partial charge is 0.416 e. The summed E-state index contributed by atoms with van der Waals surface area (Å²) in [5.41, 5.74) is -0.875. The average Bonchev–Trinajstić information content (AvgIpc) is 2.42. The molecule has 0 bridgehead atoms. The Hall–Kier alpha value is -1.04. The number of nitrogens with one attached hydrogen (secondary N) is 1. The smallest absolute Gasteiger partial charge is 0.352 e. The fourth-order valence-corrected chi connectivity index (χ4v) is 2.17. The summed E-state index contributed by atoms with van der Waals surface area (Å²) in [6, 6.07) is 4.46. The zero-order valence-corrected chi connectivity index (χ0v) is 13.6. The van der Waals surface area contributed by atoms with Gasteiger partial charge in [-0.1, -0.05) is 35.8 Å². The number of benzene rings is 1. The molecule has 1 aromatic rings. The van der Waals surface area contributed by atoms with Crippen LogP contribution in [0.3, 0.4) is 0 Å². The molecule has 0 aliphatic heterocycles. The van der Waals surface area contributed by atoms with Crippen molar-refractivity contribution in [1.82, 2.24) is 5.32 Å². The molecule has 1 amide bonds. The lowest BCUT2D eigenvalue weighted by atomic mass is 9.88. The topological polar surface area (TPSA) is 29.1 Å². The summed E-state index contributed by atoms with van der Waals surface area (Å²) >= 11 is 3.35. The zero-order valence-electron chi connectivity index (χ0n) is 12.1. The SMILES string of the molecule is CC(C)(CCCBr)CNC(=O)c1cccc(C(F)(F)F)c1. The second-order valence-electron chi connectivity index (χ2n) is 5.72. The number of hydrogen-bond donors (Lipinski definition) is 1. The van der Waals surface area contributed by atoms with Crippen LogP contribution in [0.4, 0.5) is 13.2 Å². The van der Waals surface area contributed by atoms with Gasteiger partial charge in [-0.3, -0.25) is 4.79 Å². The standard InChI is InChI=1S/C15H19BrF3NO/c1-14(2,7-4-8-16)10-20-13(21)11-5-3-6-12(9-11)15(17,18)19/h3,5-6,9H,4,7-8,10H2,1-2H3,(H,20,21). The van der Waals surface area contributed by atoms with E-state index in [-0.39, 0.29) is 11.0 Å². The first kappa shape index (κ1) is 18.0. The summed E-state index contributed by atoms with van der Waals surface area (Å²) in [6.45, 7) is 4.46. The van der Waals surface area contributed by atoms with Crippen LogP contribution < -0.4 is 5.32 Å². The quantitative estimate of drug-likeness (QED) is 0.731. The highest BCUT2D eigenvalue weighted by Crippen LogP contribution is 2.29. The minimum absolute atomic E-state index is 0.0288. The predicted molar refractivity (Wildman–Crippen MR) is 80.6 cm³/mol. The Balaban J connectivity index is 2.68. The molecule has 1 aromatic carbocycles. The predicted octanol–water partition coefficient (Wildman–Crippen LogP) is 4.64. The first-order valence-corrected chi connectivity index (χ1v) is 7.79. The minimum atomic E-state index is -4.44. The Bertz CT molecular complexity index is 486. The van der Waals surface area contributed by atoms with E-state index in [0.717, 1.165) is 30.3 Å². The summed E-state index contributed by atoms with van der Waals surface area (Å²) in [6.07, 6.45) is -2.54. The number of carbonyl (C=O) groups is 1. The maximum absolute atomic E-state index is 12.6. The van der Waals surface area contributed by atoms with Gasteiger partial charge in [0.1, 0.15) is 0 Å². The van der Waals surface area contributed by atoms with Crippen LogP contribution in [0.1, 0.15) is 42.6 Å². The van der Waals surface area contributed by atoms with E-state index in [2.05, 4.69) is 21.2 Å². The molecule has 0 aliphatic carbocycles. The van der Waals surface area contributed by atoms with Gasteiger partial charge in [0.25, 0.3) is 5.91 Å². The first-order chi connectivity index (χ1) is 9.65. The van der Waals surface area contributed by atoms with Gasteiger partial charge in [0.05, 0.1) is 5.56 Å². The van der Waals surface area contributed by atoms with Crippen LogP contribution >= 0.6 is 15.9 Å². The molecule has 0 saturated heterocycles. The Morgan fingerprint density at radius 3 is 2.52 bits per heavy atom. The van der Waals surface area contributed by atoms with Crippen molar-refractivity contribution in [1.29, 1.82) is 0 Å². The molecule has 118 valence electrons. The van der Waals surface area contributed by atoms with Gasteiger partial charge in [-0.25, -0.2) is 0 Å². The van der Waals surface area contributed by atoms with E-state index >= 15 is 0 Å². The number of alkyl halides is 4. The number of halogens is 4. The highest BCUT2D eigenvalue weighted by Gasteiger charge is 2.31. The fraction of sp³-hybridized carbons (Fsp3) is 0.533. The molecule has 0 unspecified atom stereocenters. The van der Waals surface area contributed by atoms with Gasteiger partial charge < -0.3 is 5.32 Å². The number of amides is 1. The van der Waals surface area contributed by atoms with Crippen molar-refractivity contribution in [2.45, 2.75) is 32.9 Å². The van der Waals surface area contributed by atoms with Crippen LogP contribution in [-0.2, 0) is 6.18 Å². The van der Waals surface area contributed by atoms with Crippen molar-refractivity contribution >= 4 is 21.8 Å². The van der Waals surface area contributed by atoms with Crippen LogP contribution in [0.2, 0.25) is 0 Å². The van der Waals surface area contributed by atoms with Crippen LogP contribution in [0.25, 0.3) is 0 Å². The maximum Gasteiger partial charge on any atom is 0.416 e. The van der Waals surface area contributed by atoms with Gasteiger partial charge in [-0.05, 0) is 36.5 Å². The van der Waals surface area contributed by atoms with Gasteiger partial charge in [-0.2, -0.15) is 13.2 Å². The Kier molecular flexibility index (Phi) is 6.25. The molecule has 6 heteroatoms. The summed E-state index contributed by atoms with van der Waals surface area (Å²) in [4.78, 5) is 12.0. The van der Waals surface area contributed by atoms with E-state index in [4.69, 9.17) is 0 Å². The molecule has 2 nitrogen and oxygen atoms in total. The van der Waals surface area contributed by atoms with Crippen LogP contribution in [0, 0.1) is 5.41 Å². The van der Waals surface area contributed by atoms with E-state index in [1.54, 1.807) is 0 Å². The van der Waals surface area contributed by atoms with Crippen molar-refractivity contribution in [2.24, 2.45) is 5.41 Å². The number of hydrogen-bond acceptors (Lipinski definition) is 1. The molecule has 0 aliphatic rings. The van der Waals surface area contributed by atoms with Gasteiger partial charge in [-0.15, -0.1) is 0 Å². The third-order valence-corrected chi connectivity index (χ3v) is 3.73. The fourth-order valence-electron chi connectivity index (χ4n) is 1.89. The highest BCUT2D eigenvalue weighted by molar-refractivity contribution is 9.09. The van der Waals surface area contributed by atoms with Crippen molar-refractivity contribution in [3.8, 4) is 0 Å². The van der Waals surface area contributed by atoms with Crippen LogP contribution in [0.15, 0.2) is 24.3 Å². The van der Waals surface area contributed by atoms with E-state index in [1.165, 1.54) is 12.1 Å². The monoisotopic (exact) mass is 365 g/mol. The lowest BCUT2D eigenvalue weighted by Gasteiger charge is -2.24. The lowest BCUT2D eigenvalue weighted by Crippen LogP contribution is -2.34. The first-order valence-electron chi connectivity index (χ1n) is 6.67. The lowest BCUT2D eigenvalue weighted by molar-refractivity contribution is -0.137. The highest BCUT2D eigenvalue weighted by atomic mass is 79.9. The summed E-state index contributed by atoms with van der Waals surface area (Å²) in [5, 5.41) is 3.59. The maximum atomic E-state index is 12.6. The zero-order chi connectivity index (χ0) is 16.1. The molecule has 21 heavy (non-hydrogen) atoms. The van der Waals surface area contributed by atoms with E-state index < -0.39 is 17.6 Å². The second-order valence-corrected chi connectivity index (χ2v) is 6.51. The van der Waals surface area contributed by atoms with Gasteiger partial charge in [0, 0.05) is 17.4 Å². The normalized spacial score (nSPS) is 12.3. The van der Waals surface area contributed by atoms with E-state index in [0.29, 0.717) is 6.54 Å². The molecule has 1 N–H and O–H groups in total. The van der Waals surface area contributed by atoms with Crippen molar-refractivity contribution in [3.05, 3.63) is 35.4 Å². The summed E-state index contributed by atoms with van der Waals surface area (Å²) in [5.74, 6) is -0.479. The molecule has 0 fully saturated rings. The van der Waals surface area contributed by atoms with Crippen LogP contribution in [-0.4, -0.2) is 17.8 Å². The molecule has 0 heterocycles. The molecule has 0 spiro atoms. The van der Waals surface area contributed by atoms with Gasteiger partial charge >= 0.3 is 6.18 Å². The molecule has 1 rings (SSSR count). The van der Waals surface area contributed by atoms with E-state index in [9.17, 15) is 18.0 Å². The van der Waals surface area contributed by atoms with E-state index in [1.807, 2.05) is 13.8 Å². The molecule has 0 radical (unpaired) electrons. The molecule has 0 atom stereocenters. The Labute approximate surface area is 131 Å². The molecular formula is C15H19BrF3NO. The summed E-state index contributed by atoms with van der Waals surface area (Å²) in [7, 11) is 0. The van der Waals surface area contributed by atoms with Gasteiger partial charge in [0.15, 0.2) is 0 Å². The Morgan fingerprint density at radius 1 is 1.29 bits per heavy atom. The number of carbonyl (C=O) groups excluding carboxylic acids is 1. The molecule has 0 saturated carbocycles. The van der Waals surface area contributed by atoms with Crippen molar-refractivity contribution in [3.63, 3.8) is 0 Å². The second kappa shape index (κ2) is 7.29. The molecule has 0 aromatic heterocycles. The Morgan fingerprint density at radius 2 is 1.95 bits per heavy atom. The third-order valence-electron chi connectivity index (χ3n) is 3.17. The number of rotatable bonds is 6. The molecular weight excluding hydrogens is 347 g/mol. The van der Waals surface area contributed by atoms with Crippen LogP contribution in [0.5, 0.6) is 0 Å². The van der Waals surface area contributed by atoms with Crippen molar-refractivity contribution < 1.29 is 18.0 Å². The summed E-state index contributed by atoms with van der Waals surface area (Å²) < 4.78 is 37.8. The average molecular weight is 366 g/mol. The third kappa shape index (κ3) is 6.08.